The van der Waals surface area contributed by atoms with E-state index >= 15 is 0 Å². The first-order chi connectivity index (χ1) is 14.0. The summed E-state index contributed by atoms with van der Waals surface area (Å²) in [6, 6.07) is 17.4. The number of hydrogen-bond donors (Lipinski definition) is 1. The molecular formula is C22H19Br2Cl2NO2. The Hall–Kier alpha value is -1.40. The lowest BCUT2D eigenvalue weighted by Crippen LogP contribution is -2.04. The molecule has 152 valence electrons. The van der Waals surface area contributed by atoms with E-state index in [4.69, 9.17) is 32.7 Å². The van der Waals surface area contributed by atoms with Gasteiger partial charge in [0, 0.05) is 16.0 Å². The van der Waals surface area contributed by atoms with Crippen LogP contribution in [0.2, 0.25) is 10.0 Å². The Morgan fingerprint density at radius 2 is 1.66 bits per heavy atom. The van der Waals surface area contributed by atoms with Crippen molar-refractivity contribution in [3.05, 3.63) is 84.7 Å². The molecule has 3 rings (SSSR count). The zero-order chi connectivity index (χ0) is 20.8. The van der Waals surface area contributed by atoms with Crippen molar-refractivity contribution in [2.24, 2.45) is 0 Å². The maximum atomic E-state index is 6.24. The Morgan fingerprint density at radius 3 is 2.34 bits per heavy atom. The molecule has 0 aliphatic heterocycles. The molecule has 0 amide bonds. The molecule has 0 radical (unpaired) electrons. The second-order valence-corrected chi connectivity index (χ2v) is 8.84. The van der Waals surface area contributed by atoms with Gasteiger partial charge < -0.3 is 14.8 Å². The molecule has 0 saturated heterocycles. The summed E-state index contributed by atoms with van der Waals surface area (Å²) in [6.07, 6.45) is 0. The highest BCUT2D eigenvalue weighted by molar-refractivity contribution is 9.10. The molecule has 3 nitrogen and oxygen atoms in total. The van der Waals surface area contributed by atoms with Gasteiger partial charge in [0.1, 0.15) is 6.61 Å². The van der Waals surface area contributed by atoms with Gasteiger partial charge in [0.15, 0.2) is 11.5 Å². The van der Waals surface area contributed by atoms with Crippen LogP contribution in [0.15, 0.2) is 63.5 Å². The highest BCUT2D eigenvalue weighted by atomic mass is 79.9. The third kappa shape index (κ3) is 6.29. The number of anilines is 1. The van der Waals surface area contributed by atoms with Crippen molar-refractivity contribution in [1.29, 1.82) is 0 Å². The summed E-state index contributed by atoms with van der Waals surface area (Å²) in [6.45, 7) is 3.52. The predicted molar refractivity (Wildman–Crippen MR) is 128 cm³/mol. The molecule has 0 saturated carbocycles. The number of ether oxygens (including phenoxy) is 2. The molecule has 0 aliphatic carbocycles. The quantitative estimate of drug-likeness (QED) is 0.302. The van der Waals surface area contributed by atoms with Crippen molar-refractivity contribution in [2.45, 2.75) is 20.1 Å². The second-order valence-electron chi connectivity index (χ2n) is 6.23. The van der Waals surface area contributed by atoms with Gasteiger partial charge in [-0.15, -0.1) is 0 Å². The fourth-order valence-electron chi connectivity index (χ4n) is 2.69. The van der Waals surface area contributed by atoms with Crippen LogP contribution in [-0.4, -0.2) is 6.61 Å². The van der Waals surface area contributed by atoms with Crippen LogP contribution in [0.4, 0.5) is 5.69 Å². The van der Waals surface area contributed by atoms with E-state index in [1.165, 1.54) is 0 Å². The topological polar surface area (TPSA) is 30.5 Å². The summed E-state index contributed by atoms with van der Waals surface area (Å²) < 4.78 is 13.7. The third-order valence-corrected chi connectivity index (χ3v) is 5.75. The van der Waals surface area contributed by atoms with Crippen molar-refractivity contribution in [3.8, 4) is 11.5 Å². The highest BCUT2D eigenvalue weighted by Crippen LogP contribution is 2.38. The van der Waals surface area contributed by atoms with Crippen LogP contribution in [0.1, 0.15) is 18.1 Å². The van der Waals surface area contributed by atoms with Gasteiger partial charge in [-0.1, -0.05) is 51.3 Å². The van der Waals surface area contributed by atoms with Crippen LogP contribution in [-0.2, 0) is 13.2 Å². The van der Waals surface area contributed by atoms with Crippen molar-refractivity contribution >= 4 is 60.7 Å². The molecule has 0 atom stereocenters. The van der Waals surface area contributed by atoms with Crippen LogP contribution in [0, 0.1) is 0 Å². The summed E-state index contributed by atoms with van der Waals surface area (Å²) in [5.41, 5.74) is 2.92. The van der Waals surface area contributed by atoms with Gasteiger partial charge in [0.2, 0.25) is 0 Å². The standard InChI is InChI=1S/C22H19Br2Cl2NO2/c1-2-28-21-10-15(12-27-20-8-7-17(25)11-19(20)26)9-18(24)22(21)29-13-14-3-5-16(23)6-4-14/h3-11,27H,2,12-13H2,1H3. The summed E-state index contributed by atoms with van der Waals surface area (Å²) in [7, 11) is 0. The van der Waals surface area contributed by atoms with E-state index in [0.29, 0.717) is 41.3 Å². The summed E-state index contributed by atoms with van der Waals surface area (Å²) in [5.74, 6) is 1.38. The molecule has 0 aliphatic rings. The van der Waals surface area contributed by atoms with E-state index in [1.807, 2.05) is 49.4 Å². The first kappa shape index (κ1) is 22.3. The average Bonchev–Trinajstić information content (AvgIpc) is 2.68. The van der Waals surface area contributed by atoms with Gasteiger partial charge in [-0.25, -0.2) is 0 Å². The fourth-order valence-corrected chi connectivity index (χ4v) is 4.04. The Balaban J connectivity index is 1.75. The highest BCUT2D eigenvalue weighted by Gasteiger charge is 2.13. The largest absolute Gasteiger partial charge is 0.490 e. The zero-order valence-corrected chi connectivity index (χ0v) is 20.3. The number of hydrogen-bond acceptors (Lipinski definition) is 3. The summed E-state index contributed by atoms with van der Waals surface area (Å²) in [5, 5.41) is 4.51. The van der Waals surface area contributed by atoms with Crippen LogP contribution < -0.4 is 14.8 Å². The lowest BCUT2D eigenvalue weighted by Gasteiger charge is -2.16. The molecule has 3 aromatic rings. The monoisotopic (exact) mass is 557 g/mol. The predicted octanol–water partition coefficient (Wildman–Crippen LogP) is 8.11. The maximum absolute atomic E-state index is 6.24. The number of rotatable bonds is 8. The van der Waals surface area contributed by atoms with Gasteiger partial charge in [0.05, 0.1) is 21.8 Å². The Labute approximate surface area is 197 Å². The Kier molecular flexibility index (Phi) is 8.13. The molecule has 7 heteroatoms. The molecule has 0 aromatic heterocycles. The van der Waals surface area contributed by atoms with Crippen LogP contribution in [0.25, 0.3) is 0 Å². The van der Waals surface area contributed by atoms with E-state index in [-0.39, 0.29) is 0 Å². The minimum absolute atomic E-state index is 0.448. The van der Waals surface area contributed by atoms with Gasteiger partial charge in [-0.05, 0) is 76.4 Å². The molecule has 29 heavy (non-hydrogen) atoms. The first-order valence-corrected chi connectivity index (χ1v) is 11.3. The summed E-state index contributed by atoms with van der Waals surface area (Å²) in [4.78, 5) is 0. The SMILES string of the molecule is CCOc1cc(CNc2ccc(Cl)cc2Cl)cc(Br)c1OCc1ccc(Br)cc1. The van der Waals surface area contributed by atoms with Gasteiger partial charge in [-0.2, -0.15) is 0 Å². The van der Waals surface area contributed by atoms with E-state index in [2.05, 4.69) is 37.2 Å². The first-order valence-electron chi connectivity index (χ1n) is 8.97. The smallest absolute Gasteiger partial charge is 0.175 e. The van der Waals surface area contributed by atoms with Crippen molar-refractivity contribution < 1.29 is 9.47 Å². The maximum Gasteiger partial charge on any atom is 0.175 e. The minimum Gasteiger partial charge on any atom is -0.490 e. The molecule has 0 fully saturated rings. The third-order valence-electron chi connectivity index (χ3n) is 4.08. The second kappa shape index (κ2) is 10.6. The van der Waals surface area contributed by atoms with Crippen LogP contribution in [0.3, 0.4) is 0 Å². The molecule has 0 spiro atoms. The van der Waals surface area contributed by atoms with E-state index in [1.54, 1.807) is 12.1 Å². The number of nitrogens with one attached hydrogen (secondary N) is 1. The van der Waals surface area contributed by atoms with Gasteiger partial charge in [-0.3, -0.25) is 0 Å². The van der Waals surface area contributed by atoms with Crippen LogP contribution >= 0.6 is 55.1 Å². The van der Waals surface area contributed by atoms with Crippen molar-refractivity contribution in [1.82, 2.24) is 0 Å². The van der Waals surface area contributed by atoms with Gasteiger partial charge in [0.25, 0.3) is 0 Å². The molecule has 1 N–H and O–H groups in total. The summed E-state index contributed by atoms with van der Waals surface area (Å²) >= 11 is 19.3. The number of benzene rings is 3. The van der Waals surface area contributed by atoms with Gasteiger partial charge >= 0.3 is 0 Å². The van der Waals surface area contributed by atoms with Crippen molar-refractivity contribution in [2.75, 3.05) is 11.9 Å². The molecular weight excluding hydrogens is 541 g/mol. The lowest BCUT2D eigenvalue weighted by atomic mass is 10.2. The molecule has 0 heterocycles. The Morgan fingerprint density at radius 1 is 0.897 bits per heavy atom. The molecule has 3 aromatic carbocycles. The van der Waals surface area contributed by atoms with Crippen LogP contribution in [0.5, 0.6) is 11.5 Å². The number of halogens is 4. The molecule has 0 bridgehead atoms. The lowest BCUT2D eigenvalue weighted by molar-refractivity contribution is 0.267. The van der Waals surface area contributed by atoms with Crippen molar-refractivity contribution in [3.63, 3.8) is 0 Å². The molecule has 0 unspecified atom stereocenters. The Bertz CT molecular complexity index is 981. The zero-order valence-electron chi connectivity index (χ0n) is 15.6. The van der Waals surface area contributed by atoms with E-state index < -0.39 is 0 Å². The normalized spacial score (nSPS) is 10.7. The average molecular weight is 560 g/mol. The van der Waals surface area contributed by atoms with E-state index in [9.17, 15) is 0 Å². The minimum atomic E-state index is 0.448. The van der Waals surface area contributed by atoms with E-state index in [0.717, 1.165) is 25.8 Å². The fraction of sp³-hybridized carbons (Fsp3) is 0.182.